The highest BCUT2D eigenvalue weighted by Crippen LogP contribution is 2.27. The lowest BCUT2D eigenvalue weighted by Crippen LogP contribution is -2.55. The molecule has 2 aliphatic heterocycles. The number of unbranched alkanes of at least 4 members (excludes halogenated alkanes) is 1. The third kappa shape index (κ3) is 3.53. The second-order valence-corrected chi connectivity index (χ2v) is 6.29. The lowest BCUT2D eigenvalue weighted by Gasteiger charge is -2.42. The fourth-order valence-corrected chi connectivity index (χ4v) is 3.52. The van der Waals surface area contributed by atoms with E-state index < -0.39 is 0 Å². The minimum absolute atomic E-state index is 0.181. The van der Waals surface area contributed by atoms with Crippen molar-refractivity contribution in [3.8, 4) is 0 Å². The molecule has 20 heavy (non-hydrogen) atoms. The van der Waals surface area contributed by atoms with Gasteiger partial charge in [0.25, 0.3) is 0 Å². The van der Waals surface area contributed by atoms with Crippen LogP contribution >= 0.6 is 0 Å². The van der Waals surface area contributed by atoms with E-state index in [2.05, 4.69) is 24.1 Å². The average molecular weight is 280 g/mol. The molecule has 0 saturated carbocycles. The highest BCUT2D eigenvalue weighted by molar-refractivity contribution is 5.79. The van der Waals surface area contributed by atoms with E-state index in [1.165, 1.54) is 0 Å². The van der Waals surface area contributed by atoms with Gasteiger partial charge in [-0.1, -0.05) is 26.7 Å². The largest absolute Gasteiger partial charge is 0.353 e. The van der Waals surface area contributed by atoms with Crippen molar-refractivity contribution in [1.29, 1.82) is 0 Å². The summed E-state index contributed by atoms with van der Waals surface area (Å²) in [6.07, 6.45) is 6.74. The number of carbonyl (C=O) groups excluding carboxylic acids is 2. The summed E-state index contributed by atoms with van der Waals surface area (Å²) in [5, 5.41) is 3.08. The van der Waals surface area contributed by atoms with Gasteiger partial charge in [0.1, 0.15) is 0 Å². The number of piperidine rings is 2. The molecule has 0 aromatic carbocycles. The van der Waals surface area contributed by atoms with Gasteiger partial charge in [-0.15, -0.1) is 0 Å². The number of amides is 2. The molecule has 3 unspecified atom stereocenters. The van der Waals surface area contributed by atoms with Crippen molar-refractivity contribution in [2.75, 3.05) is 13.1 Å². The molecule has 0 spiro atoms. The molecular formula is C16H28N2O2. The van der Waals surface area contributed by atoms with Crippen molar-refractivity contribution in [2.45, 2.75) is 64.8 Å². The summed E-state index contributed by atoms with van der Waals surface area (Å²) in [6.45, 7) is 5.94. The minimum atomic E-state index is 0.181. The maximum Gasteiger partial charge on any atom is 0.225 e. The maximum absolute atomic E-state index is 12.6. The number of likely N-dealkylation sites (tertiary alicyclic amines) is 1. The van der Waals surface area contributed by atoms with Gasteiger partial charge in [0.05, 0.1) is 0 Å². The van der Waals surface area contributed by atoms with Gasteiger partial charge in [0.2, 0.25) is 11.8 Å². The van der Waals surface area contributed by atoms with Gasteiger partial charge in [-0.3, -0.25) is 9.59 Å². The van der Waals surface area contributed by atoms with Crippen molar-refractivity contribution >= 4 is 11.8 Å². The molecule has 4 nitrogen and oxygen atoms in total. The molecule has 0 bridgehead atoms. The van der Waals surface area contributed by atoms with Crippen molar-refractivity contribution in [3.63, 3.8) is 0 Å². The topological polar surface area (TPSA) is 49.4 Å². The zero-order valence-corrected chi connectivity index (χ0v) is 12.9. The van der Waals surface area contributed by atoms with E-state index in [0.717, 1.165) is 51.6 Å². The maximum atomic E-state index is 12.6. The Bertz CT molecular complexity index is 356. The Hall–Kier alpha value is -1.06. The molecule has 4 heteroatoms. The first kappa shape index (κ1) is 15.3. The third-order valence-corrected chi connectivity index (χ3v) is 4.88. The fourth-order valence-electron chi connectivity index (χ4n) is 3.52. The molecule has 0 aliphatic carbocycles. The molecule has 3 atom stereocenters. The lowest BCUT2D eigenvalue weighted by atomic mass is 9.84. The number of nitrogens with one attached hydrogen (secondary N) is 1. The molecule has 2 amide bonds. The summed E-state index contributed by atoms with van der Waals surface area (Å²) in [4.78, 5) is 26.1. The monoisotopic (exact) mass is 280 g/mol. The van der Waals surface area contributed by atoms with Crippen LogP contribution < -0.4 is 5.32 Å². The van der Waals surface area contributed by atoms with Gasteiger partial charge < -0.3 is 10.2 Å². The Morgan fingerprint density at radius 3 is 2.90 bits per heavy atom. The fraction of sp³-hybridized carbons (Fsp3) is 0.875. The molecule has 1 N–H and O–H groups in total. The van der Waals surface area contributed by atoms with Gasteiger partial charge in [0, 0.05) is 31.5 Å². The van der Waals surface area contributed by atoms with Crippen LogP contribution in [0.2, 0.25) is 0 Å². The highest BCUT2D eigenvalue weighted by atomic mass is 16.2. The Morgan fingerprint density at radius 1 is 1.40 bits per heavy atom. The van der Waals surface area contributed by atoms with Gasteiger partial charge in [-0.05, 0) is 31.6 Å². The summed E-state index contributed by atoms with van der Waals surface area (Å²) in [5.41, 5.74) is 0. The van der Waals surface area contributed by atoms with Crippen LogP contribution in [-0.4, -0.2) is 35.8 Å². The molecule has 2 fully saturated rings. The van der Waals surface area contributed by atoms with Crippen LogP contribution in [0.1, 0.15) is 58.8 Å². The predicted molar refractivity (Wildman–Crippen MR) is 79.2 cm³/mol. The summed E-state index contributed by atoms with van der Waals surface area (Å²) < 4.78 is 0. The van der Waals surface area contributed by atoms with Gasteiger partial charge in [-0.25, -0.2) is 0 Å². The minimum Gasteiger partial charge on any atom is -0.353 e. The normalized spacial score (nSPS) is 27.7. The Morgan fingerprint density at radius 2 is 2.20 bits per heavy atom. The summed E-state index contributed by atoms with van der Waals surface area (Å²) >= 11 is 0. The van der Waals surface area contributed by atoms with E-state index in [1.54, 1.807) is 0 Å². The quantitative estimate of drug-likeness (QED) is 0.840. The van der Waals surface area contributed by atoms with Crippen LogP contribution in [0.4, 0.5) is 0 Å². The van der Waals surface area contributed by atoms with E-state index in [-0.39, 0.29) is 11.8 Å². The summed E-state index contributed by atoms with van der Waals surface area (Å²) in [5.74, 6) is 1.19. The molecule has 114 valence electrons. The van der Waals surface area contributed by atoms with Gasteiger partial charge >= 0.3 is 0 Å². The SMILES string of the molecule is CCCCC(CC)C(=O)N1CCC2NC(=O)CCC2C1. The molecule has 0 aromatic heterocycles. The molecule has 0 radical (unpaired) electrons. The van der Waals surface area contributed by atoms with Gasteiger partial charge in [0.15, 0.2) is 0 Å². The number of hydrogen-bond acceptors (Lipinski definition) is 2. The lowest BCUT2D eigenvalue weighted by molar-refractivity contribution is -0.139. The number of nitrogens with zero attached hydrogens (tertiary/aromatic N) is 1. The standard InChI is InChI=1S/C16H28N2O2/c1-3-5-6-12(4-2)16(20)18-10-9-14-13(11-18)7-8-15(19)17-14/h12-14H,3-11H2,1-2H3,(H,17,19). The smallest absolute Gasteiger partial charge is 0.225 e. The second kappa shape index (κ2) is 7.09. The molecule has 2 saturated heterocycles. The molecule has 0 aromatic rings. The van der Waals surface area contributed by atoms with Crippen molar-refractivity contribution in [3.05, 3.63) is 0 Å². The van der Waals surface area contributed by atoms with Crippen LogP contribution in [0.15, 0.2) is 0 Å². The van der Waals surface area contributed by atoms with Gasteiger partial charge in [-0.2, -0.15) is 0 Å². The van der Waals surface area contributed by atoms with Crippen LogP contribution in [0, 0.1) is 11.8 Å². The Kier molecular flexibility index (Phi) is 5.44. The first-order valence-corrected chi connectivity index (χ1v) is 8.23. The van der Waals surface area contributed by atoms with E-state index in [4.69, 9.17) is 0 Å². The van der Waals surface area contributed by atoms with Crippen molar-refractivity contribution in [1.82, 2.24) is 10.2 Å². The van der Waals surface area contributed by atoms with Crippen molar-refractivity contribution < 1.29 is 9.59 Å². The number of hydrogen-bond donors (Lipinski definition) is 1. The highest BCUT2D eigenvalue weighted by Gasteiger charge is 2.36. The molecule has 2 heterocycles. The first-order chi connectivity index (χ1) is 9.65. The van der Waals surface area contributed by atoms with E-state index >= 15 is 0 Å². The van der Waals surface area contributed by atoms with E-state index in [0.29, 0.717) is 24.3 Å². The summed E-state index contributed by atoms with van der Waals surface area (Å²) in [6, 6.07) is 0.302. The third-order valence-electron chi connectivity index (χ3n) is 4.88. The van der Waals surface area contributed by atoms with E-state index in [1.807, 2.05) is 0 Å². The molecule has 2 rings (SSSR count). The van der Waals surface area contributed by atoms with Crippen LogP contribution in [-0.2, 0) is 9.59 Å². The first-order valence-electron chi connectivity index (χ1n) is 8.23. The van der Waals surface area contributed by atoms with E-state index in [9.17, 15) is 9.59 Å². The zero-order valence-electron chi connectivity index (χ0n) is 12.9. The number of rotatable bonds is 5. The number of carbonyl (C=O) groups is 2. The molecular weight excluding hydrogens is 252 g/mol. The Balaban J connectivity index is 1.90. The second-order valence-electron chi connectivity index (χ2n) is 6.29. The van der Waals surface area contributed by atoms with Crippen molar-refractivity contribution in [2.24, 2.45) is 11.8 Å². The van der Waals surface area contributed by atoms with Crippen LogP contribution in [0.3, 0.4) is 0 Å². The summed E-state index contributed by atoms with van der Waals surface area (Å²) in [7, 11) is 0. The average Bonchev–Trinajstić information content (AvgIpc) is 2.47. The Labute approximate surface area is 122 Å². The number of fused-ring (bicyclic) bond motifs is 1. The molecule has 2 aliphatic rings. The zero-order chi connectivity index (χ0) is 14.5. The van der Waals surface area contributed by atoms with Crippen LogP contribution in [0.25, 0.3) is 0 Å². The van der Waals surface area contributed by atoms with Crippen LogP contribution in [0.5, 0.6) is 0 Å². The predicted octanol–water partition coefficient (Wildman–Crippen LogP) is 2.33.